The predicted molar refractivity (Wildman–Crippen MR) is 104 cm³/mol. The molecule has 0 saturated carbocycles. The fourth-order valence-electron chi connectivity index (χ4n) is 3.35. The number of hydrogen-bond donors (Lipinski definition) is 1. The van der Waals surface area contributed by atoms with E-state index in [2.05, 4.69) is 15.2 Å². The van der Waals surface area contributed by atoms with E-state index in [4.69, 9.17) is 9.47 Å². The topological polar surface area (TPSA) is 83.6 Å². The summed E-state index contributed by atoms with van der Waals surface area (Å²) in [7, 11) is 3.02. The van der Waals surface area contributed by atoms with E-state index in [0.29, 0.717) is 37.1 Å². The zero-order chi connectivity index (χ0) is 20.4. The maximum absolute atomic E-state index is 13.4. The molecule has 0 atom stereocenters. The maximum Gasteiger partial charge on any atom is 0.326 e. The number of benzene rings is 1. The van der Waals surface area contributed by atoms with Gasteiger partial charge in [-0.1, -0.05) is 6.07 Å². The Labute approximate surface area is 166 Å². The fourth-order valence-corrected chi connectivity index (χ4v) is 3.35. The van der Waals surface area contributed by atoms with E-state index in [1.165, 1.54) is 26.4 Å². The van der Waals surface area contributed by atoms with E-state index >= 15 is 0 Å². The van der Waals surface area contributed by atoms with E-state index in [1.807, 2.05) is 6.07 Å². The van der Waals surface area contributed by atoms with Crippen molar-refractivity contribution in [3.63, 3.8) is 0 Å². The van der Waals surface area contributed by atoms with Gasteiger partial charge in [0.25, 0.3) is 0 Å². The molecule has 0 spiro atoms. The lowest BCUT2D eigenvalue weighted by Crippen LogP contribution is -2.32. The van der Waals surface area contributed by atoms with Crippen LogP contribution in [0.3, 0.4) is 0 Å². The summed E-state index contributed by atoms with van der Waals surface area (Å²) in [6.07, 6.45) is 3.43. The first-order valence-electron chi connectivity index (χ1n) is 9.03. The van der Waals surface area contributed by atoms with E-state index in [1.54, 1.807) is 34.3 Å². The molecule has 1 saturated heterocycles. The van der Waals surface area contributed by atoms with Crippen LogP contribution in [0, 0.1) is 5.82 Å². The third-order valence-electron chi connectivity index (χ3n) is 4.83. The van der Waals surface area contributed by atoms with Crippen molar-refractivity contribution < 1.29 is 18.7 Å². The minimum Gasteiger partial charge on any atom is -0.496 e. The molecule has 0 unspecified atom stereocenters. The van der Waals surface area contributed by atoms with Crippen LogP contribution in [0.1, 0.15) is 5.56 Å². The van der Waals surface area contributed by atoms with Gasteiger partial charge in [0.05, 0.1) is 27.0 Å². The van der Waals surface area contributed by atoms with Crippen molar-refractivity contribution in [2.45, 2.75) is 6.54 Å². The summed E-state index contributed by atoms with van der Waals surface area (Å²) in [4.78, 5) is 20.7. The number of methoxy groups -OCH3 is 2. The van der Waals surface area contributed by atoms with Crippen LogP contribution in [0.2, 0.25) is 0 Å². The number of nitrogens with zero attached hydrogens (tertiary/aromatic N) is 4. The molecule has 0 aliphatic carbocycles. The molecule has 1 aliphatic rings. The Hall–Kier alpha value is -3.62. The molecule has 3 heterocycles. The van der Waals surface area contributed by atoms with Crippen LogP contribution in [0.5, 0.6) is 11.6 Å². The van der Waals surface area contributed by atoms with Crippen molar-refractivity contribution in [1.82, 2.24) is 20.1 Å². The summed E-state index contributed by atoms with van der Waals surface area (Å²) in [5, 5.41) is 6.70. The lowest BCUT2D eigenvalue weighted by Gasteiger charge is -2.20. The van der Waals surface area contributed by atoms with Gasteiger partial charge < -0.3 is 14.4 Å². The van der Waals surface area contributed by atoms with Gasteiger partial charge >= 0.3 is 6.03 Å². The average Bonchev–Trinajstić information content (AvgIpc) is 3.39. The lowest BCUT2D eigenvalue weighted by molar-refractivity contribution is 0.218. The number of pyridine rings is 1. The van der Waals surface area contributed by atoms with Crippen molar-refractivity contribution >= 4 is 11.8 Å². The standard InChI is InChI=1S/C20H20FN5O3/c1-28-17-9-15(21)4-3-13(17)12-25-7-8-26(20(25)27)18-6-5-16(19(24-18)29-2)14-10-22-23-11-14/h3-6,9-11H,7-8,12H2,1-2H3,(H,22,23). The van der Waals surface area contributed by atoms with Crippen LogP contribution in [-0.2, 0) is 6.54 Å². The largest absolute Gasteiger partial charge is 0.496 e. The maximum atomic E-state index is 13.4. The summed E-state index contributed by atoms with van der Waals surface area (Å²) < 4.78 is 24.1. The SMILES string of the molecule is COc1cc(F)ccc1CN1CCN(c2ccc(-c3cn[nH]c3)c(OC)n2)C1=O. The second-order valence-corrected chi connectivity index (χ2v) is 6.53. The minimum atomic E-state index is -0.381. The number of carbonyl (C=O) groups is 1. The lowest BCUT2D eigenvalue weighted by atomic mass is 10.1. The molecular formula is C20H20FN5O3. The van der Waals surface area contributed by atoms with E-state index < -0.39 is 0 Å². The highest BCUT2D eigenvalue weighted by atomic mass is 19.1. The Morgan fingerprint density at radius 2 is 2.03 bits per heavy atom. The number of carbonyl (C=O) groups excluding carboxylic acids is 1. The second-order valence-electron chi connectivity index (χ2n) is 6.53. The minimum absolute atomic E-state index is 0.179. The molecular weight excluding hydrogens is 377 g/mol. The quantitative estimate of drug-likeness (QED) is 0.691. The van der Waals surface area contributed by atoms with Crippen LogP contribution in [-0.4, -0.2) is 53.4 Å². The normalized spacial score (nSPS) is 13.8. The highest BCUT2D eigenvalue weighted by Gasteiger charge is 2.31. The Kier molecular flexibility index (Phi) is 5.03. The predicted octanol–water partition coefficient (Wildman–Crippen LogP) is 3.07. The number of halogens is 1. The van der Waals surface area contributed by atoms with Gasteiger partial charge in [0.2, 0.25) is 5.88 Å². The molecule has 29 heavy (non-hydrogen) atoms. The monoisotopic (exact) mass is 397 g/mol. The molecule has 1 fully saturated rings. The number of amides is 2. The molecule has 2 amide bonds. The highest BCUT2D eigenvalue weighted by Crippen LogP contribution is 2.31. The Morgan fingerprint density at radius 1 is 1.17 bits per heavy atom. The van der Waals surface area contributed by atoms with Crippen molar-refractivity contribution in [2.75, 3.05) is 32.2 Å². The number of anilines is 1. The van der Waals surface area contributed by atoms with Crippen LogP contribution >= 0.6 is 0 Å². The van der Waals surface area contributed by atoms with Crippen LogP contribution in [0.4, 0.5) is 15.0 Å². The second kappa shape index (κ2) is 7.78. The molecule has 1 aliphatic heterocycles. The Balaban J connectivity index is 1.55. The van der Waals surface area contributed by atoms with Gasteiger partial charge in [-0.05, 0) is 18.2 Å². The molecule has 3 aromatic rings. The van der Waals surface area contributed by atoms with Crippen LogP contribution in [0.15, 0.2) is 42.7 Å². The number of urea groups is 1. The summed E-state index contributed by atoms with van der Waals surface area (Å²) in [6, 6.07) is 7.76. The zero-order valence-electron chi connectivity index (χ0n) is 16.1. The summed E-state index contributed by atoms with van der Waals surface area (Å²) in [5.41, 5.74) is 2.37. The number of nitrogens with one attached hydrogen (secondary N) is 1. The Morgan fingerprint density at radius 3 is 2.76 bits per heavy atom. The summed E-state index contributed by atoms with van der Waals surface area (Å²) in [6.45, 7) is 1.33. The molecule has 9 heteroatoms. The average molecular weight is 397 g/mol. The summed E-state index contributed by atoms with van der Waals surface area (Å²) in [5.74, 6) is 0.956. The van der Waals surface area contributed by atoms with Gasteiger partial charge in [-0.2, -0.15) is 10.1 Å². The highest BCUT2D eigenvalue weighted by molar-refractivity contribution is 5.93. The molecule has 1 aromatic carbocycles. The number of aromatic nitrogens is 3. The molecule has 8 nitrogen and oxygen atoms in total. The van der Waals surface area contributed by atoms with Crippen molar-refractivity contribution in [3.8, 4) is 22.8 Å². The molecule has 2 aromatic heterocycles. The molecule has 4 rings (SSSR count). The molecule has 0 bridgehead atoms. The molecule has 0 radical (unpaired) electrons. The first kappa shape index (κ1) is 18.7. The number of ether oxygens (including phenoxy) is 2. The van der Waals surface area contributed by atoms with Gasteiger partial charge in [-0.3, -0.25) is 10.00 Å². The number of rotatable bonds is 6. The van der Waals surface area contributed by atoms with Crippen molar-refractivity contribution in [1.29, 1.82) is 0 Å². The van der Waals surface area contributed by atoms with Crippen LogP contribution < -0.4 is 14.4 Å². The van der Waals surface area contributed by atoms with Crippen molar-refractivity contribution in [3.05, 3.63) is 54.1 Å². The first-order chi connectivity index (χ1) is 14.1. The molecule has 150 valence electrons. The van der Waals surface area contributed by atoms with E-state index in [9.17, 15) is 9.18 Å². The third-order valence-corrected chi connectivity index (χ3v) is 4.83. The van der Waals surface area contributed by atoms with E-state index in [0.717, 1.165) is 16.7 Å². The molecule has 1 N–H and O–H groups in total. The number of H-pyrrole nitrogens is 1. The van der Waals surface area contributed by atoms with Crippen LogP contribution in [0.25, 0.3) is 11.1 Å². The van der Waals surface area contributed by atoms with E-state index in [-0.39, 0.29) is 11.8 Å². The van der Waals surface area contributed by atoms with Crippen molar-refractivity contribution in [2.24, 2.45) is 0 Å². The third kappa shape index (κ3) is 3.58. The Bertz CT molecular complexity index is 1020. The van der Waals surface area contributed by atoms with Gasteiger partial charge in [-0.15, -0.1) is 0 Å². The smallest absolute Gasteiger partial charge is 0.326 e. The van der Waals surface area contributed by atoms with Gasteiger partial charge in [-0.25, -0.2) is 9.18 Å². The number of hydrogen-bond acceptors (Lipinski definition) is 5. The zero-order valence-corrected chi connectivity index (χ0v) is 16.1. The summed E-state index contributed by atoms with van der Waals surface area (Å²) >= 11 is 0. The van der Waals surface area contributed by atoms with Gasteiger partial charge in [0.15, 0.2) is 0 Å². The first-order valence-corrected chi connectivity index (χ1v) is 9.03. The fraction of sp³-hybridized carbons (Fsp3) is 0.250. The van der Waals surface area contributed by atoms with Gasteiger partial charge in [0.1, 0.15) is 17.4 Å². The number of aromatic amines is 1. The van der Waals surface area contributed by atoms with Gasteiger partial charge in [0, 0.05) is 42.0 Å².